The zero-order chi connectivity index (χ0) is 12.4. The zero-order valence-electron chi connectivity index (χ0n) is 9.03. The fourth-order valence-corrected chi connectivity index (χ4v) is 1.37. The van der Waals surface area contributed by atoms with E-state index in [2.05, 4.69) is 15.3 Å². The highest BCUT2D eigenvalue weighted by atomic mass is 19.3. The molecule has 0 aliphatic heterocycles. The standard InChI is InChI=1S/C9H11F2N5O/c1-6(17)7-4-15(14-13-7)5-8-12-2-3-16(8)9(10)11/h2-4,6,9,17H,5H2,1H3. The van der Waals surface area contributed by atoms with Gasteiger partial charge in [-0.05, 0) is 6.92 Å². The van der Waals surface area contributed by atoms with Gasteiger partial charge in [0.2, 0.25) is 0 Å². The van der Waals surface area contributed by atoms with Crippen LogP contribution in [0.3, 0.4) is 0 Å². The molecule has 0 saturated heterocycles. The van der Waals surface area contributed by atoms with E-state index in [0.717, 1.165) is 4.57 Å². The van der Waals surface area contributed by atoms with Crippen LogP contribution in [0.5, 0.6) is 0 Å². The van der Waals surface area contributed by atoms with Gasteiger partial charge in [0, 0.05) is 12.4 Å². The lowest BCUT2D eigenvalue weighted by atomic mass is 10.3. The van der Waals surface area contributed by atoms with Crippen LogP contribution in [0.25, 0.3) is 0 Å². The van der Waals surface area contributed by atoms with Crippen molar-refractivity contribution in [2.75, 3.05) is 0 Å². The number of nitrogens with zero attached hydrogens (tertiary/aromatic N) is 5. The predicted octanol–water partition coefficient (Wildman–Crippen LogP) is 0.971. The van der Waals surface area contributed by atoms with E-state index >= 15 is 0 Å². The molecule has 0 saturated carbocycles. The second-order valence-electron chi connectivity index (χ2n) is 3.55. The second kappa shape index (κ2) is 4.58. The van der Waals surface area contributed by atoms with Crippen LogP contribution < -0.4 is 0 Å². The molecule has 0 radical (unpaired) electrons. The number of hydrogen-bond acceptors (Lipinski definition) is 4. The van der Waals surface area contributed by atoms with E-state index in [-0.39, 0.29) is 12.4 Å². The number of halogens is 2. The highest BCUT2D eigenvalue weighted by Gasteiger charge is 2.13. The Bertz CT molecular complexity index is 493. The third-order valence-corrected chi connectivity index (χ3v) is 2.25. The lowest BCUT2D eigenvalue weighted by Gasteiger charge is -2.05. The molecule has 2 aromatic heterocycles. The quantitative estimate of drug-likeness (QED) is 0.868. The van der Waals surface area contributed by atoms with E-state index in [0.29, 0.717) is 5.69 Å². The minimum Gasteiger partial charge on any atom is -0.387 e. The van der Waals surface area contributed by atoms with Crippen molar-refractivity contribution < 1.29 is 13.9 Å². The minimum atomic E-state index is -2.63. The first-order valence-corrected chi connectivity index (χ1v) is 4.96. The fraction of sp³-hybridized carbons (Fsp3) is 0.444. The summed E-state index contributed by atoms with van der Waals surface area (Å²) in [5.74, 6) is 0.182. The lowest BCUT2D eigenvalue weighted by Crippen LogP contribution is -2.09. The van der Waals surface area contributed by atoms with Crippen molar-refractivity contribution in [3.8, 4) is 0 Å². The summed E-state index contributed by atoms with van der Waals surface area (Å²) in [5.41, 5.74) is 0.389. The normalized spacial score (nSPS) is 13.2. The maximum Gasteiger partial charge on any atom is 0.319 e. The van der Waals surface area contributed by atoms with Gasteiger partial charge >= 0.3 is 6.55 Å². The highest BCUT2D eigenvalue weighted by Crippen LogP contribution is 2.13. The van der Waals surface area contributed by atoms with E-state index < -0.39 is 12.7 Å². The Morgan fingerprint density at radius 3 is 2.82 bits per heavy atom. The van der Waals surface area contributed by atoms with Crippen molar-refractivity contribution in [2.24, 2.45) is 0 Å². The average molecular weight is 243 g/mol. The molecule has 17 heavy (non-hydrogen) atoms. The predicted molar refractivity (Wildman–Crippen MR) is 53.2 cm³/mol. The Morgan fingerprint density at radius 2 is 2.24 bits per heavy atom. The summed E-state index contributed by atoms with van der Waals surface area (Å²) in [6, 6.07) is 0. The summed E-state index contributed by atoms with van der Waals surface area (Å²) in [4.78, 5) is 3.82. The molecule has 0 spiro atoms. The number of imidazole rings is 1. The Morgan fingerprint density at radius 1 is 1.47 bits per heavy atom. The third kappa shape index (κ3) is 2.47. The van der Waals surface area contributed by atoms with Gasteiger partial charge in [0.05, 0.1) is 12.3 Å². The molecule has 0 aliphatic rings. The number of hydrogen-bond donors (Lipinski definition) is 1. The fourth-order valence-electron chi connectivity index (χ4n) is 1.37. The molecule has 2 rings (SSSR count). The van der Waals surface area contributed by atoms with Gasteiger partial charge in [0.15, 0.2) is 0 Å². The third-order valence-electron chi connectivity index (χ3n) is 2.25. The van der Waals surface area contributed by atoms with Gasteiger partial charge < -0.3 is 5.11 Å². The molecule has 2 aromatic rings. The first-order valence-electron chi connectivity index (χ1n) is 4.96. The maximum atomic E-state index is 12.5. The van der Waals surface area contributed by atoms with Crippen molar-refractivity contribution in [3.63, 3.8) is 0 Å². The molecule has 2 heterocycles. The zero-order valence-corrected chi connectivity index (χ0v) is 9.03. The Hall–Kier alpha value is -1.83. The molecule has 0 amide bonds. The Balaban J connectivity index is 2.17. The van der Waals surface area contributed by atoms with E-state index in [1.807, 2.05) is 0 Å². The van der Waals surface area contributed by atoms with Gasteiger partial charge in [-0.2, -0.15) is 8.78 Å². The van der Waals surface area contributed by atoms with E-state index in [4.69, 9.17) is 0 Å². The molecule has 92 valence electrons. The van der Waals surface area contributed by atoms with Crippen molar-refractivity contribution in [3.05, 3.63) is 30.1 Å². The van der Waals surface area contributed by atoms with Crippen molar-refractivity contribution >= 4 is 0 Å². The molecule has 0 fully saturated rings. The monoisotopic (exact) mass is 243 g/mol. The van der Waals surface area contributed by atoms with Gasteiger partial charge in [-0.3, -0.25) is 4.57 Å². The van der Waals surface area contributed by atoms with Crippen LogP contribution in [0.2, 0.25) is 0 Å². The summed E-state index contributed by atoms with van der Waals surface area (Å²) in [5, 5.41) is 16.7. The molecular formula is C9H11F2N5O. The molecule has 0 bridgehead atoms. The van der Waals surface area contributed by atoms with Crippen LogP contribution in [0, 0.1) is 0 Å². The van der Waals surface area contributed by atoms with Crippen molar-refractivity contribution in [1.82, 2.24) is 24.5 Å². The largest absolute Gasteiger partial charge is 0.387 e. The molecule has 1 atom stereocenters. The molecule has 6 nitrogen and oxygen atoms in total. The summed E-state index contributed by atoms with van der Waals surface area (Å²) in [7, 11) is 0. The van der Waals surface area contributed by atoms with Crippen LogP contribution in [-0.4, -0.2) is 29.7 Å². The number of aliphatic hydroxyl groups is 1. The van der Waals surface area contributed by atoms with Crippen LogP contribution in [-0.2, 0) is 6.54 Å². The first-order chi connectivity index (χ1) is 8.08. The second-order valence-corrected chi connectivity index (χ2v) is 3.55. The van der Waals surface area contributed by atoms with Gasteiger partial charge in [-0.25, -0.2) is 9.67 Å². The van der Waals surface area contributed by atoms with Crippen molar-refractivity contribution in [2.45, 2.75) is 26.1 Å². The topological polar surface area (TPSA) is 68.8 Å². The summed E-state index contributed by atoms with van der Waals surface area (Å²) < 4.78 is 27.2. The number of aliphatic hydroxyl groups excluding tert-OH is 1. The summed E-state index contributed by atoms with van der Waals surface area (Å²) >= 11 is 0. The average Bonchev–Trinajstić information content (AvgIpc) is 2.86. The van der Waals surface area contributed by atoms with Crippen LogP contribution in [0.4, 0.5) is 8.78 Å². The van der Waals surface area contributed by atoms with Crippen molar-refractivity contribution in [1.29, 1.82) is 0 Å². The number of aromatic nitrogens is 5. The van der Waals surface area contributed by atoms with E-state index in [9.17, 15) is 13.9 Å². The molecule has 1 unspecified atom stereocenters. The Labute approximate surface area is 95.5 Å². The SMILES string of the molecule is CC(O)c1cn(Cc2nccn2C(F)F)nn1. The van der Waals surface area contributed by atoms with Crippen LogP contribution >= 0.6 is 0 Å². The van der Waals surface area contributed by atoms with Gasteiger partial charge in [-0.1, -0.05) is 5.21 Å². The van der Waals surface area contributed by atoms with Gasteiger partial charge in [0.1, 0.15) is 18.1 Å². The Kier molecular flexibility index (Phi) is 3.14. The smallest absolute Gasteiger partial charge is 0.319 e. The molecular weight excluding hydrogens is 232 g/mol. The van der Waals surface area contributed by atoms with Gasteiger partial charge in [0.25, 0.3) is 0 Å². The van der Waals surface area contributed by atoms with E-state index in [1.165, 1.54) is 23.3 Å². The maximum absolute atomic E-state index is 12.5. The van der Waals surface area contributed by atoms with Crippen LogP contribution in [0.1, 0.15) is 31.1 Å². The summed E-state index contributed by atoms with van der Waals surface area (Å²) in [6.45, 7) is -1.00. The number of rotatable bonds is 4. The minimum absolute atomic E-state index is 0.0804. The highest BCUT2D eigenvalue weighted by molar-refractivity contribution is 4.98. The first kappa shape index (κ1) is 11.6. The molecule has 0 aromatic carbocycles. The molecule has 8 heteroatoms. The summed E-state index contributed by atoms with van der Waals surface area (Å²) in [6.07, 6.45) is 3.26. The van der Waals surface area contributed by atoms with Gasteiger partial charge in [-0.15, -0.1) is 5.10 Å². The number of alkyl halides is 2. The van der Waals surface area contributed by atoms with Crippen LogP contribution in [0.15, 0.2) is 18.6 Å². The van der Waals surface area contributed by atoms with E-state index in [1.54, 1.807) is 6.92 Å². The lowest BCUT2D eigenvalue weighted by molar-refractivity contribution is 0.0665. The molecule has 1 N–H and O–H groups in total. The molecule has 0 aliphatic carbocycles.